The average Bonchev–Trinajstić information content (AvgIpc) is 3.50. The Hall–Kier alpha value is -4.28. The maximum absolute atomic E-state index is 14.5. The van der Waals surface area contributed by atoms with E-state index in [9.17, 15) is 14.0 Å². The molecule has 0 saturated carbocycles. The minimum atomic E-state index is -0.799. The number of halogens is 2. The number of allylic oxidation sites excluding steroid dienone is 1. The number of para-hydroxylation sites is 1. The summed E-state index contributed by atoms with van der Waals surface area (Å²) in [5, 5.41) is 0.997. The molecule has 7 nitrogen and oxygen atoms in total. The van der Waals surface area contributed by atoms with Gasteiger partial charge in [-0.2, -0.15) is 0 Å². The molecule has 0 bridgehead atoms. The van der Waals surface area contributed by atoms with Crippen molar-refractivity contribution < 1.29 is 18.7 Å². The Morgan fingerprint density at radius 3 is 2.59 bits per heavy atom. The molecule has 1 aliphatic heterocycles. The van der Waals surface area contributed by atoms with E-state index in [1.165, 1.54) is 23.5 Å². The van der Waals surface area contributed by atoms with Gasteiger partial charge < -0.3 is 14.0 Å². The highest BCUT2D eigenvalue weighted by Crippen LogP contribution is 2.38. The van der Waals surface area contributed by atoms with Crippen LogP contribution in [0.15, 0.2) is 92.3 Å². The van der Waals surface area contributed by atoms with E-state index in [1.807, 2.05) is 62.4 Å². The minimum absolute atomic E-state index is 0.190. The molecule has 0 spiro atoms. The van der Waals surface area contributed by atoms with Gasteiger partial charge in [-0.15, -0.1) is 0 Å². The number of hydrogen-bond acceptors (Lipinski definition) is 6. The summed E-state index contributed by atoms with van der Waals surface area (Å²) in [5.74, 6) is -0.237. The van der Waals surface area contributed by atoms with Gasteiger partial charge in [0.2, 0.25) is 0 Å². The molecule has 0 amide bonds. The molecule has 1 atom stereocenters. The van der Waals surface area contributed by atoms with Crippen LogP contribution >= 0.6 is 27.3 Å². The number of hydrogen-bond donors (Lipinski definition) is 0. The third-order valence-electron chi connectivity index (χ3n) is 8.19. The molecule has 2 aromatic heterocycles. The van der Waals surface area contributed by atoms with E-state index >= 15 is 0 Å². The van der Waals surface area contributed by atoms with Gasteiger partial charge in [0.25, 0.3) is 5.56 Å². The molecule has 3 aromatic carbocycles. The Morgan fingerprint density at radius 1 is 1.11 bits per heavy atom. The van der Waals surface area contributed by atoms with Crippen molar-refractivity contribution in [3.8, 4) is 5.75 Å². The molecule has 3 heterocycles. The molecule has 10 heteroatoms. The summed E-state index contributed by atoms with van der Waals surface area (Å²) in [6.45, 7) is 6.56. The number of methoxy groups -OCH3 is 1. The molecule has 1 aliphatic rings. The van der Waals surface area contributed by atoms with Crippen LogP contribution in [0, 0.1) is 12.7 Å². The summed E-state index contributed by atoms with van der Waals surface area (Å²) in [6.07, 6.45) is 3.22. The molecule has 0 fully saturated rings. The van der Waals surface area contributed by atoms with E-state index in [0.29, 0.717) is 44.9 Å². The van der Waals surface area contributed by atoms with E-state index < -0.39 is 12.0 Å². The molecular formula is C36H33BrFN3O4S. The van der Waals surface area contributed by atoms with Gasteiger partial charge in [0, 0.05) is 38.7 Å². The molecule has 0 unspecified atom stereocenters. The highest BCUT2D eigenvalue weighted by atomic mass is 79.9. The van der Waals surface area contributed by atoms with E-state index in [1.54, 1.807) is 30.7 Å². The molecule has 0 saturated heterocycles. The molecule has 0 N–H and O–H groups in total. The van der Waals surface area contributed by atoms with Gasteiger partial charge in [0.05, 0.1) is 29.5 Å². The minimum Gasteiger partial charge on any atom is -0.496 e. The highest BCUT2D eigenvalue weighted by molar-refractivity contribution is 9.10. The van der Waals surface area contributed by atoms with E-state index in [4.69, 9.17) is 14.5 Å². The normalized spacial score (nSPS) is 14.8. The first kappa shape index (κ1) is 31.7. The first-order valence-corrected chi connectivity index (χ1v) is 16.7. The van der Waals surface area contributed by atoms with Crippen LogP contribution in [0.4, 0.5) is 4.39 Å². The monoisotopic (exact) mass is 701 g/mol. The lowest BCUT2D eigenvalue weighted by Crippen LogP contribution is -2.40. The number of nitrogens with zero attached hydrogens (tertiary/aromatic N) is 3. The fourth-order valence-corrected chi connectivity index (χ4v) is 7.46. The van der Waals surface area contributed by atoms with Gasteiger partial charge in [0.15, 0.2) is 4.80 Å². The Labute approximate surface area is 278 Å². The van der Waals surface area contributed by atoms with Crippen LogP contribution in [-0.2, 0) is 16.1 Å². The van der Waals surface area contributed by atoms with Crippen molar-refractivity contribution in [1.82, 2.24) is 9.13 Å². The molecule has 236 valence electrons. The zero-order valence-electron chi connectivity index (χ0n) is 26.0. The number of aromatic nitrogens is 2. The fourth-order valence-electron chi connectivity index (χ4n) is 6.08. The second kappa shape index (κ2) is 13.2. The van der Waals surface area contributed by atoms with Crippen LogP contribution in [0.2, 0.25) is 0 Å². The number of benzene rings is 3. The highest BCUT2D eigenvalue weighted by Gasteiger charge is 2.36. The fraction of sp³-hybridized carbons (Fsp3) is 0.250. The number of esters is 1. The van der Waals surface area contributed by atoms with E-state index in [2.05, 4.69) is 20.5 Å². The SMILES string of the molecule is CCCC1=C(C(=O)OCC)[C@H](c2cc(Br)ccc2OC)n2c(s/c(=C/c3c(C)n(Cc4ccc(F)cc4)c4ccccc34)c2=O)=N1. The lowest BCUT2D eigenvalue weighted by Gasteiger charge is -2.27. The maximum atomic E-state index is 14.5. The molecule has 6 rings (SSSR count). The second-order valence-electron chi connectivity index (χ2n) is 11.0. The Morgan fingerprint density at radius 2 is 1.87 bits per heavy atom. The van der Waals surface area contributed by atoms with E-state index in [0.717, 1.165) is 38.6 Å². The number of thiazole rings is 1. The Kier molecular flexibility index (Phi) is 9.11. The average molecular weight is 703 g/mol. The third-order valence-corrected chi connectivity index (χ3v) is 9.66. The molecule has 5 aromatic rings. The van der Waals surface area contributed by atoms with Crippen molar-refractivity contribution >= 4 is 50.2 Å². The van der Waals surface area contributed by atoms with Crippen LogP contribution < -0.4 is 19.6 Å². The van der Waals surface area contributed by atoms with Crippen LogP contribution in [0.1, 0.15) is 55.1 Å². The summed E-state index contributed by atoms with van der Waals surface area (Å²) in [5.41, 5.74) is 5.20. The van der Waals surface area contributed by atoms with Crippen LogP contribution in [0.25, 0.3) is 17.0 Å². The van der Waals surface area contributed by atoms with Gasteiger partial charge in [0.1, 0.15) is 17.6 Å². The smallest absolute Gasteiger partial charge is 0.338 e. The molecular weight excluding hydrogens is 669 g/mol. The molecule has 0 aliphatic carbocycles. The number of carbonyl (C=O) groups is 1. The quantitative estimate of drug-likeness (QED) is 0.159. The summed E-state index contributed by atoms with van der Waals surface area (Å²) in [4.78, 5) is 33.5. The standard InChI is InChI=1S/C36H33BrFN3O4S/c1-5-9-28-32(35(43)45-6-2)33(27-18-23(37)14-17-30(27)44-4)41-34(42)31(46-36(41)39-28)19-26-21(3)40(29-11-8-7-10-25(26)29)20-22-12-15-24(38)16-13-22/h7-8,10-19,33H,5-6,9,20H2,1-4H3/b31-19+/t33-/m0/s1. The van der Waals surface area contributed by atoms with Gasteiger partial charge in [-0.25, -0.2) is 14.2 Å². The van der Waals surface area contributed by atoms with Crippen molar-refractivity contribution in [2.75, 3.05) is 13.7 Å². The first-order valence-electron chi connectivity index (χ1n) is 15.1. The zero-order valence-corrected chi connectivity index (χ0v) is 28.4. The Balaban J connectivity index is 1.59. The van der Waals surface area contributed by atoms with E-state index in [-0.39, 0.29) is 18.0 Å². The van der Waals surface area contributed by atoms with Crippen molar-refractivity contribution in [1.29, 1.82) is 0 Å². The lowest BCUT2D eigenvalue weighted by molar-refractivity contribution is -0.139. The van der Waals surface area contributed by atoms with Crippen molar-refractivity contribution in [2.24, 2.45) is 4.99 Å². The zero-order chi connectivity index (χ0) is 32.5. The summed E-state index contributed by atoms with van der Waals surface area (Å²) in [7, 11) is 1.57. The lowest BCUT2D eigenvalue weighted by atomic mass is 9.93. The number of fused-ring (bicyclic) bond motifs is 2. The number of rotatable bonds is 9. The summed E-state index contributed by atoms with van der Waals surface area (Å²) in [6, 6.07) is 19.3. The topological polar surface area (TPSA) is 74.8 Å². The van der Waals surface area contributed by atoms with Gasteiger partial charge in [-0.3, -0.25) is 9.36 Å². The molecule has 0 radical (unpaired) electrons. The largest absolute Gasteiger partial charge is 0.496 e. The first-order chi connectivity index (χ1) is 22.2. The van der Waals surface area contributed by atoms with Crippen LogP contribution in [0.3, 0.4) is 0 Å². The number of ether oxygens (including phenoxy) is 2. The van der Waals surface area contributed by atoms with Crippen LogP contribution in [-0.4, -0.2) is 28.8 Å². The number of carbonyl (C=O) groups excluding carboxylic acids is 1. The van der Waals surface area contributed by atoms with Crippen LogP contribution in [0.5, 0.6) is 5.75 Å². The van der Waals surface area contributed by atoms with Gasteiger partial charge >= 0.3 is 5.97 Å². The van der Waals surface area contributed by atoms with Crippen molar-refractivity contribution in [2.45, 2.75) is 46.2 Å². The van der Waals surface area contributed by atoms with Crippen molar-refractivity contribution in [3.63, 3.8) is 0 Å². The summed E-state index contributed by atoms with van der Waals surface area (Å²) < 4.78 is 30.0. The summed E-state index contributed by atoms with van der Waals surface area (Å²) >= 11 is 4.87. The second-order valence-corrected chi connectivity index (χ2v) is 13.0. The van der Waals surface area contributed by atoms with Crippen molar-refractivity contribution in [3.05, 3.63) is 130 Å². The maximum Gasteiger partial charge on any atom is 0.338 e. The predicted octanol–water partition coefficient (Wildman–Crippen LogP) is 6.80. The van der Waals surface area contributed by atoms with Gasteiger partial charge in [-0.1, -0.05) is 70.9 Å². The predicted molar refractivity (Wildman–Crippen MR) is 183 cm³/mol. The third kappa shape index (κ3) is 5.76. The Bertz CT molecular complexity index is 2180. The van der Waals surface area contributed by atoms with Gasteiger partial charge in [-0.05, 0) is 68.3 Å². The molecule has 46 heavy (non-hydrogen) atoms.